The number of imidazole rings is 1. The van der Waals surface area contributed by atoms with Crippen LogP contribution in [0, 0.1) is 15.9 Å². The first-order chi connectivity index (χ1) is 15.0. The summed E-state index contributed by atoms with van der Waals surface area (Å²) in [6.45, 7) is 2.18. The molecule has 2 atom stereocenters. The van der Waals surface area contributed by atoms with Gasteiger partial charge in [-0.3, -0.25) is 14.5 Å². The van der Waals surface area contributed by atoms with E-state index in [1.165, 1.54) is 34.6 Å². The average Bonchev–Trinajstić information content (AvgIpc) is 3.18. The van der Waals surface area contributed by atoms with Gasteiger partial charge in [0.25, 0.3) is 0 Å². The molecule has 1 N–H and O–H groups in total. The lowest BCUT2D eigenvalue weighted by atomic mass is 9.81. The second-order valence-corrected chi connectivity index (χ2v) is 7.71. The highest BCUT2D eigenvalue weighted by Gasteiger charge is 2.28. The summed E-state index contributed by atoms with van der Waals surface area (Å²) in [6, 6.07) is 10.9. The van der Waals surface area contributed by atoms with Gasteiger partial charge in [-0.05, 0) is 42.0 Å². The van der Waals surface area contributed by atoms with E-state index < -0.39 is 10.7 Å². The highest BCUT2D eigenvalue weighted by atomic mass is 19.1. The molecular formula is C22H19FN6O2. The van der Waals surface area contributed by atoms with Crippen LogP contribution >= 0.6 is 0 Å². The number of hydrogen-bond donors (Lipinski definition) is 1. The molecule has 31 heavy (non-hydrogen) atoms. The maximum atomic E-state index is 13.7. The van der Waals surface area contributed by atoms with E-state index in [2.05, 4.69) is 33.3 Å². The van der Waals surface area contributed by atoms with Gasteiger partial charge in [0.05, 0.1) is 17.2 Å². The molecule has 0 saturated heterocycles. The van der Waals surface area contributed by atoms with Crippen LogP contribution in [0.5, 0.6) is 0 Å². The molecule has 1 aromatic carbocycles. The van der Waals surface area contributed by atoms with Gasteiger partial charge in [0.1, 0.15) is 23.4 Å². The molecule has 156 valence electrons. The van der Waals surface area contributed by atoms with Gasteiger partial charge in [0, 0.05) is 6.20 Å². The smallest absolute Gasteiger partial charge is 0.329 e. The minimum Gasteiger partial charge on any atom is -0.357 e. The fourth-order valence-electron chi connectivity index (χ4n) is 4.18. The van der Waals surface area contributed by atoms with Gasteiger partial charge in [-0.15, -0.1) is 0 Å². The molecule has 5 rings (SSSR count). The fraction of sp³-hybridized carbons (Fsp3) is 0.227. The summed E-state index contributed by atoms with van der Waals surface area (Å²) in [5.74, 6) is 0.359. The topological polar surface area (TPSA) is 98.2 Å². The van der Waals surface area contributed by atoms with Crippen molar-refractivity contribution in [3.63, 3.8) is 0 Å². The molecule has 0 spiro atoms. The minimum atomic E-state index is -0.502. The fourth-order valence-corrected chi connectivity index (χ4v) is 4.18. The summed E-state index contributed by atoms with van der Waals surface area (Å²) < 4.78 is 15.3. The van der Waals surface area contributed by atoms with E-state index in [-0.39, 0.29) is 23.4 Å². The van der Waals surface area contributed by atoms with Crippen LogP contribution < -0.4 is 5.32 Å². The molecule has 0 radical (unpaired) electrons. The van der Waals surface area contributed by atoms with Gasteiger partial charge in [-0.25, -0.2) is 19.3 Å². The van der Waals surface area contributed by atoms with E-state index in [0.717, 1.165) is 18.4 Å². The number of benzene rings is 1. The van der Waals surface area contributed by atoms with Crippen molar-refractivity contribution in [2.75, 3.05) is 5.32 Å². The number of hydrogen-bond acceptors (Lipinski definition) is 6. The number of halogens is 1. The van der Waals surface area contributed by atoms with E-state index in [0.29, 0.717) is 17.3 Å². The van der Waals surface area contributed by atoms with Crippen molar-refractivity contribution in [2.24, 2.45) is 0 Å². The normalized spacial score (nSPS) is 18.0. The van der Waals surface area contributed by atoms with Crippen LogP contribution in [-0.4, -0.2) is 24.3 Å². The van der Waals surface area contributed by atoms with Crippen molar-refractivity contribution in [3.8, 4) is 11.5 Å². The van der Waals surface area contributed by atoms with Crippen molar-refractivity contribution >= 4 is 17.2 Å². The quantitative estimate of drug-likeness (QED) is 0.374. The number of rotatable bonds is 4. The molecule has 3 heterocycles. The molecule has 8 nitrogen and oxygen atoms in total. The van der Waals surface area contributed by atoms with Crippen LogP contribution in [0.2, 0.25) is 0 Å². The largest absolute Gasteiger partial charge is 0.357 e. The Bertz CT molecular complexity index is 1300. The maximum absolute atomic E-state index is 13.7. The first-order valence-electron chi connectivity index (χ1n) is 10.0. The Labute approximate surface area is 177 Å². The Balaban J connectivity index is 1.58. The van der Waals surface area contributed by atoms with E-state index in [4.69, 9.17) is 0 Å². The highest BCUT2D eigenvalue weighted by Crippen LogP contribution is 2.39. The van der Waals surface area contributed by atoms with Crippen LogP contribution in [0.3, 0.4) is 0 Å². The molecular weight excluding hydrogens is 399 g/mol. The van der Waals surface area contributed by atoms with Gasteiger partial charge >= 0.3 is 5.69 Å². The molecule has 1 aliphatic carbocycles. The Kier molecular flexibility index (Phi) is 4.58. The molecule has 0 saturated carbocycles. The number of anilines is 1. The monoisotopic (exact) mass is 418 g/mol. The predicted octanol–water partition coefficient (Wildman–Crippen LogP) is 4.89. The zero-order valence-corrected chi connectivity index (χ0v) is 16.7. The standard InChI is InChI=1S/C22H19FN6O2/c1-13-6-8-17(16-5-3-2-4-15(13)16)26-22-19(29(30)31)11-25-21(27-22)18-10-24-20-9-7-14(23)12-28(18)20/h2-5,7,9-13,17H,6,8H2,1H3,(H,25,26,27)/t13-,17-/m1/s1. The van der Waals surface area contributed by atoms with E-state index >= 15 is 0 Å². The van der Waals surface area contributed by atoms with Crippen LogP contribution in [0.25, 0.3) is 17.2 Å². The first kappa shape index (κ1) is 19.1. The molecule has 0 aliphatic heterocycles. The molecule has 3 aromatic heterocycles. The van der Waals surface area contributed by atoms with Crippen LogP contribution in [0.1, 0.15) is 42.9 Å². The van der Waals surface area contributed by atoms with Crippen molar-refractivity contribution in [1.29, 1.82) is 0 Å². The number of nitrogens with one attached hydrogen (secondary N) is 1. The molecule has 9 heteroatoms. The zero-order chi connectivity index (χ0) is 21.5. The van der Waals surface area contributed by atoms with Gasteiger partial charge in [-0.2, -0.15) is 0 Å². The Hall–Kier alpha value is -3.88. The van der Waals surface area contributed by atoms with Crippen LogP contribution in [0.15, 0.2) is 55.0 Å². The number of aromatic nitrogens is 4. The van der Waals surface area contributed by atoms with Crippen molar-refractivity contribution in [1.82, 2.24) is 19.4 Å². The summed E-state index contributed by atoms with van der Waals surface area (Å²) >= 11 is 0. The molecule has 0 unspecified atom stereocenters. The summed E-state index contributed by atoms with van der Waals surface area (Å²) in [6.07, 6.45) is 5.79. The lowest BCUT2D eigenvalue weighted by Gasteiger charge is -2.30. The highest BCUT2D eigenvalue weighted by molar-refractivity contribution is 5.63. The zero-order valence-electron chi connectivity index (χ0n) is 16.7. The second-order valence-electron chi connectivity index (χ2n) is 7.71. The molecule has 1 aliphatic rings. The molecule has 0 amide bonds. The van der Waals surface area contributed by atoms with Gasteiger partial charge in [0.2, 0.25) is 5.82 Å². The summed E-state index contributed by atoms with van der Waals surface area (Å²) in [5, 5.41) is 14.9. The lowest BCUT2D eigenvalue weighted by molar-refractivity contribution is -0.384. The SMILES string of the molecule is C[C@@H]1CC[C@@H](Nc2nc(-c3cnc4ccc(F)cn34)ncc2[N+](=O)[O-])c2ccccc21. The number of nitrogens with zero attached hydrogens (tertiary/aromatic N) is 5. The summed E-state index contributed by atoms with van der Waals surface area (Å²) in [7, 11) is 0. The predicted molar refractivity (Wildman–Crippen MR) is 113 cm³/mol. The van der Waals surface area contributed by atoms with E-state index in [1.54, 1.807) is 6.07 Å². The lowest BCUT2D eigenvalue weighted by Crippen LogP contribution is -2.20. The first-order valence-corrected chi connectivity index (χ1v) is 10.0. The second kappa shape index (κ2) is 7.42. The van der Waals surface area contributed by atoms with Gasteiger partial charge in [0.15, 0.2) is 5.82 Å². The number of fused-ring (bicyclic) bond motifs is 2. The van der Waals surface area contributed by atoms with Crippen molar-refractivity contribution < 1.29 is 9.31 Å². The summed E-state index contributed by atoms with van der Waals surface area (Å²) in [5.41, 5.74) is 3.13. The minimum absolute atomic E-state index is 0.103. The van der Waals surface area contributed by atoms with Crippen LogP contribution in [-0.2, 0) is 0 Å². The van der Waals surface area contributed by atoms with Crippen molar-refractivity contribution in [2.45, 2.75) is 31.7 Å². The number of nitro groups is 1. The van der Waals surface area contributed by atoms with E-state index in [9.17, 15) is 14.5 Å². The van der Waals surface area contributed by atoms with Crippen molar-refractivity contribution in [3.05, 3.63) is 82.0 Å². The Morgan fingerprint density at radius 1 is 1.13 bits per heavy atom. The Morgan fingerprint density at radius 2 is 1.94 bits per heavy atom. The molecule has 0 fully saturated rings. The average molecular weight is 418 g/mol. The molecule has 0 bridgehead atoms. The third-order valence-corrected chi connectivity index (χ3v) is 5.77. The molecule has 4 aromatic rings. The van der Waals surface area contributed by atoms with E-state index in [1.807, 2.05) is 18.2 Å². The Morgan fingerprint density at radius 3 is 2.74 bits per heavy atom. The van der Waals surface area contributed by atoms with Gasteiger partial charge in [-0.1, -0.05) is 31.2 Å². The third-order valence-electron chi connectivity index (χ3n) is 5.77. The van der Waals surface area contributed by atoms with Crippen LogP contribution in [0.4, 0.5) is 15.9 Å². The van der Waals surface area contributed by atoms with Gasteiger partial charge < -0.3 is 5.32 Å². The summed E-state index contributed by atoms with van der Waals surface area (Å²) in [4.78, 5) is 24.0. The maximum Gasteiger partial charge on any atom is 0.329 e. The number of pyridine rings is 1. The third kappa shape index (κ3) is 3.37.